The summed E-state index contributed by atoms with van der Waals surface area (Å²) in [4.78, 5) is 24.2. The quantitative estimate of drug-likeness (QED) is 0.837. The van der Waals surface area contributed by atoms with Crippen LogP contribution in [-0.4, -0.2) is 18.9 Å². The van der Waals surface area contributed by atoms with Gasteiger partial charge >= 0.3 is 0 Å². The molecule has 1 unspecified atom stereocenters. The van der Waals surface area contributed by atoms with Crippen LogP contribution >= 0.6 is 0 Å². The number of likely N-dealkylation sites (N-methyl/N-ethyl adjacent to an activating group) is 1. The van der Waals surface area contributed by atoms with E-state index < -0.39 is 23.6 Å². The minimum atomic E-state index is -1.04. The van der Waals surface area contributed by atoms with Gasteiger partial charge in [0.1, 0.15) is 6.04 Å². The Morgan fingerprint density at radius 1 is 1.17 bits per heavy atom. The molecule has 1 atom stereocenters. The lowest BCUT2D eigenvalue weighted by molar-refractivity contribution is -0.129. The fourth-order valence-corrected chi connectivity index (χ4v) is 3.18. The van der Waals surface area contributed by atoms with Gasteiger partial charge in [0.05, 0.1) is 0 Å². The van der Waals surface area contributed by atoms with Gasteiger partial charge in [-0.3, -0.25) is 9.59 Å². The van der Waals surface area contributed by atoms with Gasteiger partial charge in [0.15, 0.2) is 11.6 Å². The van der Waals surface area contributed by atoms with Crippen molar-refractivity contribution in [2.24, 2.45) is 5.92 Å². The Morgan fingerprint density at radius 3 is 2.50 bits per heavy atom. The normalized spacial score (nSPS) is 16.5. The smallest absolute Gasteiger partial charge is 0.246 e. The van der Waals surface area contributed by atoms with Gasteiger partial charge in [0, 0.05) is 13.5 Å². The summed E-state index contributed by atoms with van der Waals surface area (Å²) >= 11 is 0. The molecule has 1 aliphatic rings. The second-order valence-corrected chi connectivity index (χ2v) is 6.33. The first-order chi connectivity index (χ1) is 11.5. The van der Waals surface area contributed by atoms with E-state index in [1.165, 1.54) is 32.4 Å². The third-order valence-electron chi connectivity index (χ3n) is 4.60. The number of hydrogen-bond donors (Lipinski definition) is 2. The minimum Gasteiger partial charge on any atom is -0.357 e. The van der Waals surface area contributed by atoms with Crippen LogP contribution in [0.5, 0.6) is 0 Å². The van der Waals surface area contributed by atoms with Gasteiger partial charge in [-0.2, -0.15) is 0 Å². The van der Waals surface area contributed by atoms with Crippen molar-refractivity contribution in [3.05, 3.63) is 35.4 Å². The predicted octanol–water partition coefficient (Wildman–Crippen LogP) is 3.23. The maximum Gasteiger partial charge on any atom is 0.246 e. The molecular formula is C18H24F2N2O2. The van der Waals surface area contributed by atoms with Crippen LogP contribution in [0.1, 0.15) is 56.6 Å². The van der Waals surface area contributed by atoms with Gasteiger partial charge < -0.3 is 10.6 Å². The van der Waals surface area contributed by atoms with E-state index in [9.17, 15) is 18.4 Å². The summed E-state index contributed by atoms with van der Waals surface area (Å²) in [6.07, 6.45) is 7.11. The zero-order valence-corrected chi connectivity index (χ0v) is 13.9. The zero-order valence-electron chi connectivity index (χ0n) is 13.9. The highest BCUT2D eigenvalue weighted by atomic mass is 19.2. The molecule has 1 aromatic carbocycles. The maximum absolute atomic E-state index is 13.4. The fraction of sp³-hybridized carbons (Fsp3) is 0.556. The number of benzene rings is 1. The van der Waals surface area contributed by atoms with Crippen molar-refractivity contribution in [3.8, 4) is 0 Å². The van der Waals surface area contributed by atoms with Gasteiger partial charge in [-0.1, -0.05) is 38.2 Å². The molecule has 132 valence electrons. The molecule has 2 amide bonds. The monoisotopic (exact) mass is 338 g/mol. The fourth-order valence-electron chi connectivity index (χ4n) is 3.18. The first-order valence-electron chi connectivity index (χ1n) is 8.47. The highest BCUT2D eigenvalue weighted by Gasteiger charge is 2.23. The SMILES string of the molecule is CNC(=O)C(NC(=O)CCC1CCCCC1)c1ccc(F)c(F)c1. The molecule has 0 bridgehead atoms. The van der Waals surface area contributed by atoms with Crippen molar-refractivity contribution in [3.63, 3.8) is 0 Å². The van der Waals surface area contributed by atoms with Gasteiger partial charge in [-0.05, 0) is 30.0 Å². The average Bonchev–Trinajstić information content (AvgIpc) is 2.60. The van der Waals surface area contributed by atoms with E-state index in [-0.39, 0.29) is 11.5 Å². The summed E-state index contributed by atoms with van der Waals surface area (Å²) < 4.78 is 26.5. The molecule has 0 saturated heterocycles. The molecule has 0 aliphatic heterocycles. The van der Waals surface area contributed by atoms with Crippen LogP contribution in [0.2, 0.25) is 0 Å². The standard InChI is InChI=1S/C18H24F2N2O2/c1-21-18(24)17(13-8-9-14(19)15(20)11-13)22-16(23)10-7-12-5-3-2-4-6-12/h8-9,11-12,17H,2-7,10H2,1H3,(H,21,24)(H,22,23). The van der Waals surface area contributed by atoms with Gasteiger partial charge in [0.25, 0.3) is 0 Å². The van der Waals surface area contributed by atoms with Crippen LogP contribution in [0.3, 0.4) is 0 Å². The molecule has 0 radical (unpaired) electrons. The first-order valence-corrected chi connectivity index (χ1v) is 8.47. The van der Waals surface area contributed by atoms with Crippen LogP contribution in [0, 0.1) is 17.6 Å². The van der Waals surface area contributed by atoms with E-state index in [4.69, 9.17) is 0 Å². The number of hydrogen-bond acceptors (Lipinski definition) is 2. The van der Waals surface area contributed by atoms with E-state index in [1.807, 2.05) is 0 Å². The largest absolute Gasteiger partial charge is 0.357 e. The van der Waals surface area contributed by atoms with Crippen LogP contribution in [0.25, 0.3) is 0 Å². The predicted molar refractivity (Wildman–Crippen MR) is 87.1 cm³/mol. The van der Waals surface area contributed by atoms with Crippen molar-refractivity contribution < 1.29 is 18.4 Å². The lowest BCUT2D eigenvalue weighted by Gasteiger charge is -2.22. The summed E-state index contributed by atoms with van der Waals surface area (Å²) in [5.41, 5.74) is 0.222. The Bertz CT molecular complexity index is 586. The first kappa shape index (κ1) is 18.4. The molecule has 6 heteroatoms. The summed E-state index contributed by atoms with van der Waals surface area (Å²) in [5, 5.41) is 5.07. The molecule has 1 aromatic rings. The van der Waals surface area contributed by atoms with Gasteiger partial charge in [-0.25, -0.2) is 8.78 Å². The molecule has 0 heterocycles. The topological polar surface area (TPSA) is 58.2 Å². The average molecular weight is 338 g/mol. The molecule has 1 aliphatic carbocycles. The highest BCUT2D eigenvalue weighted by Crippen LogP contribution is 2.27. The Labute approximate surface area is 141 Å². The maximum atomic E-state index is 13.4. The van der Waals surface area contributed by atoms with Crippen molar-refractivity contribution in [2.75, 3.05) is 7.05 Å². The van der Waals surface area contributed by atoms with Crippen LogP contribution in [0.4, 0.5) is 8.78 Å². The van der Waals surface area contributed by atoms with E-state index in [2.05, 4.69) is 10.6 Å². The third-order valence-corrected chi connectivity index (χ3v) is 4.60. The Hall–Kier alpha value is -1.98. The number of amides is 2. The Kier molecular flexibility index (Phi) is 6.70. The van der Waals surface area contributed by atoms with Crippen LogP contribution < -0.4 is 10.6 Å². The molecular weight excluding hydrogens is 314 g/mol. The van der Waals surface area contributed by atoms with E-state index in [0.29, 0.717) is 12.3 Å². The van der Waals surface area contributed by atoms with E-state index >= 15 is 0 Å². The second kappa shape index (κ2) is 8.76. The van der Waals surface area contributed by atoms with E-state index in [0.717, 1.165) is 31.4 Å². The zero-order chi connectivity index (χ0) is 17.5. The molecule has 2 N–H and O–H groups in total. The van der Waals surface area contributed by atoms with Crippen molar-refractivity contribution in [2.45, 2.75) is 51.0 Å². The van der Waals surface area contributed by atoms with Crippen LogP contribution in [-0.2, 0) is 9.59 Å². The minimum absolute atomic E-state index is 0.222. The van der Waals surface area contributed by atoms with Crippen molar-refractivity contribution in [1.82, 2.24) is 10.6 Å². The lowest BCUT2D eigenvalue weighted by atomic mass is 9.86. The summed E-state index contributed by atoms with van der Waals surface area (Å²) in [7, 11) is 1.43. The van der Waals surface area contributed by atoms with Gasteiger partial charge in [0.2, 0.25) is 11.8 Å². The number of rotatable bonds is 6. The Morgan fingerprint density at radius 2 is 1.88 bits per heavy atom. The summed E-state index contributed by atoms with van der Waals surface area (Å²) in [6.45, 7) is 0. The van der Waals surface area contributed by atoms with Crippen molar-refractivity contribution >= 4 is 11.8 Å². The third kappa shape index (κ3) is 5.01. The molecule has 1 saturated carbocycles. The number of carbonyl (C=O) groups is 2. The summed E-state index contributed by atoms with van der Waals surface area (Å²) in [5.74, 6) is -2.19. The molecule has 24 heavy (non-hydrogen) atoms. The number of nitrogens with one attached hydrogen (secondary N) is 2. The molecule has 1 fully saturated rings. The van der Waals surface area contributed by atoms with E-state index in [1.54, 1.807) is 0 Å². The van der Waals surface area contributed by atoms with Crippen LogP contribution in [0.15, 0.2) is 18.2 Å². The molecule has 4 nitrogen and oxygen atoms in total. The van der Waals surface area contributed by atoms with Gasteiger partial charge in [-0.15, -0.1) is 0 Å². The molecule has 0 spiro atoms. The second-order valence-electron chi connectivity index (χ2n) is 6.33. The number of carbonyl (C=O) groups excluding carboxylic acids is 2. The molecule has 0 aromatic heterocycles. The highest BCUT2D eigenvalue weighted by molar-refractivity contribution is 5.88. The lowest BCUT2D eigenvalue weighted by Crippen LogP contribution is -2.39. The molecule has 2 rings (SSSR count). The van der Waals surface area contributed by atoms with Crippen molar-refractivity contribution in [1.29, 1.82) is 0 Å². The Balaban J connectivity index is 1.98. The summed E-state index contributed by atoms with van der Waals surface area (Å²) in [6, 6.07) is 2.18. The number of halogens is 2.